The number of hydrogen-bond acceptors (Lipinski definition) is 3. The SMILES string of the molecule is CSC(=S)C1CCCC1=O. The number of hydrogen-bond donors (Lipinski definition) is 0. The van der Waals surface area contributed by atoms with Gasteiger partial charge in [-0.15, -0.1) is 11.8 Å². The quantitative estimate of drug-likeness (QED) is 0.566. The molecule has 0 amide bonds. The van der Waals surface area contributed by atoms with Crippen LogP contribution in [0.4, 0.5) is 0 Å². The Morgan fingerprint density at radius 3 is 2.90 bits per heavy atom. The fourth-order valence-electron chi connectivity index (χ4n) is 1.21. The topological polar surface area (TPSA) is 17.1 Å². The average Bonchev–Trinajstić information content (AvgIpc) is 2.34. The Morgan fingerprint density at radius 2 is 2.50 bits per heavy atom. The third-order valence-corrected chi connectivity index (χ3v) is 3.26. The fourth-order valence-corrected chi connectivity index (χ4v) is 1.99. The smallest absolute Gasteiger partial charge is 0.141 e. The number of carbonyl (C=O) groups is 1. The summed E-state index contributed by atoms with van der Waals surface area (Å²) in [4.78, 5) is 11.1. The summed E-state index contributed by atoms with van der Waals surface area (Å²) in [6, 6.07) is 0. The van der Waals surface area contributed by atoms with Gasteiger partial charge in [-0.3, -0.25) is 4.79 Å². The molecule has 1 atom stereocenters. The number of ketones is 1. The first-order valence-corrected chi connectivity index (χ1v) is 4.99. The molecule has 0 saturated heterocycles. The molecular weight excluding hydrogens is 164 g/mol. The standard InChI is InChI=1S/C7H10OS2/c1-10-7(9)5-3-2-4-6(5)8/h5H,2-4H2,1H3. The molecule has 0 radical (unpaired) electrons. The van der Waals surface area contributed by atoms with Gasteiger partial charge >= 0.3 is 0 Å². The van der Waals surface area contributed by atoms with Gasteiger partial charge in [0, 0.05) is 6.42 Å². The Kier molecular flexibility index (Phi) is 2.86. The molecule has 0 aromatic carbocycles. The minimum absolute atomic E-state index is 0.102. The fraction of sp³-hybridized carbons (Fsp3) is 0.714. The van der Waals surface area contributed by atoms with E-state index in [4.69, 9.17) is 12.2 Å². The summed E-state index contributed by atoms with van der Waals surface area (Å²) in [6.07, 6.45) is 4.70. The maximum absolute atomic E-state index is 11.1. The Balaban J connectivity index is 2.55. The van der Waals surface area contributed by atoms with E-state index in [0.717, 1.165) is 23.5 Å². The molecule has 1 nitrogen and oxygen atoms in total. The summed E-state index contributed by atoms with van der Waals surface area (Å²) < 4.78 is 0.877. The number of thiocarbonyl (C=S) groups is 1. The highest BCUT2D eigenvalue weighted by atomic mass is 32.2. The molecule has 0 aromatic rings. The predicted molar refractivity (Wildman–Crippen MR) is 48.5 cm³/mol. The van der Waals surface area contributed by atoms with Crippen molar-refractivity contribution in [1.29, 1.82) is 0 Å². The molecular formula is C7H10OS2. The average molecular weight is 174 g/mol. The number of carbonyl (C=O) groups excluding carboxylic acids is 1. The van der Waals surface area contributed by atoms with Crippen molar-refractivity contribution in [3.05, 3.63) is 0 Å². The normalized spacial score (nSPS) is 25.3. The second kappa shape index (κ2) is 3.49. The number of thioether (sulfide) groups is 1. The van der Waals surface area contributed by atoms with E-state index in [-0.39, 0.29) is 5.92 Å². The van der Waals surface area contributed by atoms with E-state index >= 15 is 0 Å². The van der Waals surface area contributed by atoms with Crippen LogP contribution in [-0.4, -0.2) is 16.2 Å². The molecule has 0 spiro atoms. The van der Waals surface area contributed by atoms with Crippen molar-refractivity contribution in [2.75, 3.05) is 6.26 Å². The molecule has 1 aliphatic carbocycles. The Labute approximate surface area is 70.6 Å². The van der Waals surface area contributed by atoms with E-state index in [9.17, 15) is 4.79 Å². The zero-order valence-electron chi connectivity index (χ0n) is 5.92. The van der Waals surface area contributed by atoms with Crippen LogP contribution in [0.15, 0.2) is 0 Å². The van der Waals surface area contributed by atoms with E-state index in [0.29, 0.717) is 5.78 Å². The summed E-state index contributed by atoms with van der Waals surface area (Å²) in [7, 11) is 0. The van der Waals surface area contributed by atoms with E-state index in [2.05, 4.69) is 0 Å². The third-order valence-electron chi connectivity index (χ3n) is 1.79. The minimum atomic E-state index is 0.102. The summed E-state index contributed by atoms with van der Waals surface area (Å²) >= 11 is 6.57. The maximum atomic E-state index is 11.1. The van der Waals surface area contributed by atoms with Crippen molar-refractivity contribution in [2.24, 2.45) is 5.92 Å². The first-order chi connectivity index (χ1) is 4.75. The molecule has 0 aliphatic heterocycles. The monoisotopic (exact) mass is 174 g/mol. The van der Waals surface area contributed by atoms with Crippen LogP contribution in [0.2, 0.25) is 0 Å². The molecule has 1 fully saturated rings. The van der Waals surface area contributed by atoms with Gasteiger partial charge in [-0.1, -0.05) is 12.2 Å². The summed E-state index contributed by atoms with van der Waals surface area (Å²) in [5.74, 6) is 0.448. The Morgan fingerprint density at radius 1 is 1.80 bits per heavy atom. The van der Waals surface area contributed by atoms with Crippen LogP contribution in [-0.2, 0) is 4.79 Å². The van der Waals surface area contributed by atoms with Gasteiger partial charge in [-0.25, -0.2) is 0 Å². The van der Waals surface area contributed by atoms with Crippen molar-refractivity contribution < 1.29 is 4.79 Å². The maximum Gasteiger partial charge on any atom is 0.141 e. The van der Waals surface area contributed by atoms with Gasteiger partial charge in [0.15, 0.2) is 0 Å². The molecule has 1 rings (SSSR count). The van der Waals surface area contributed by atoms with Crippen LogP contribution in [0.1, 0.15) is 19.3 Å². The second-order valence-corrected chi connectivity index (χ2v) is 3.98. The molecule has 3 heteroatoms. The molecule has 10 heavy (non-hydrogen) atoms. The molecule has 56 valence electrons. The number of rotatable bonds is 1. The number of Topliss-reactive ketones (excluding diaryl/α,β-unsaturated/α-hetero) is 1. The van der Waals surface area contributed by atoms with E-state index < -0.39 is 0 Å². The summed E-state index contributed by atoms with van der Waals surface area (Å²) in [6.45, 7) is 0. The second-order valence-electron chi connectivity index (χ2n) is 2.43. The molecule has 1 saturated carbocycles. The first-order valence-electron chi connectivity index (χ1n) is 3.36. The van der Waals surface area contributed by atoms with Crippen LogP contribution >= 0.6 is 24.0 Å². The third kappa shape index (κ3) is 1.58. The lowest BCUT2D eigenvalue weighted by molar-refractivity contribution is -0.118. The van der Waals surface area contributed by atoms with Gasteiger partial charge in [0.25, 0.3) is 0 Å². The van der Waals surface area contributed by atoms with Crippen LogP contribution in [0.25, 0.3) is 0 Å². The lowest BCUT2D eigenvalue weighted by atomic mass is 10.1. The Hall–Kier alpha value is 0.110. The zero-order valence-corrected chi connectivity index (χ0v) is 7.56. The highest BCUT2D eigenvalue weighted by molar-refractivity contribution is 8.22. The van der Waals surface area contributed by atoms with Crippen LogP contribution in [0, 0.1) is 5.92 Å². The van der Waals surface area contributed by atoms with Crippen LogP contribution < -0.4 is 0 Å². The molecule has 0 heterocycles. The van der Waals surface area contributed by atoms with Gasteiger partial charge in [-0.2, -0.15) is 0 Å². The molecule has 1 aliphatic rings. The van der Waals surface area contributed by atoms with Crippen molar-refractivity contribution in [1.82, 2.24) is 0 Å². The Bertz CT molecular complexity index is 165. The van der Waals surface area contributed by atoms with E-state index in [1.54, 1.807) is 0 Å². The molecule has 0 aromatic heterocycles. The summed E-state index contributed by atoms with van der Waals surface area (Å²) in [5, 5.41) is 0. The van der Waals surface area contributed by atoms with Gasteiger partial charge in [0.1, 0.15) is 5.78 Å². The van der Waals surface area contributed by atoms with Gasteiger partial charge < -0.3 is 0 Å². The molecule has 1 unspecified atom stereocenters. The highest BCUT2D eigenvalue weighted by Crippen LogP contribution is 2.26. The van der Waals surface area contributed by atoms with Crippen molar-refractivity contribution >= 4 is 34.0 Å². The van der Waals surface area contributed by atoms with E-state index in [1.807, 2.05) is 6.26 Å². The van der Waals surface area contributed by atoms with Crippen LogP contribution in [0.3, 0.4) is 0 Å². The summed E-state index contributed by atoms with van der Waals surface area (Å²) in [5.41, 5.74) is 0. The van der Waals surface area contributed by atoms with Crippen molar-refractivity contribution in [3.63, 3.8) is 0 Å². The molecule has 0 N–H and O–H groups in total. The van der Waals surface area contributed by atoms with Crippen molar-refractivity contribution in [3.8, 4) is 0 Å². The van der Waals surface area contributed by atoms with E-state index in [1.165, 1.54) is 11.8 Å². The minimum Gasteiger partial charge on any atom is -0.299 e. The lowest BCUT2D eigenvalue weighted by Gasteiger charge is -2.04. The first kappa shape index (κ1) is 8.21. The van der Waals surface area contributed by atoms with Gasteiger partial charge in [0.2, 0.25) is 0 Å². The van der Waals surface area contributed by atoms with Crippen molar-refractivity contribution in [2.45, 2.75) is 19.3 Å². The molecule has 0 bridgehead atoms. The highest BCUT2D eigenvalue weighted by Gasteiger charge is 2.27. The lowest BCUT2D eigenvalue weighted by Crippen LogP contribution is -2.13. The van der Waals surface area contributed by atoms with Gasteiger partial charge in [-0.05, 0) is 19.1 Å². The largest absolute Gasteiger partial charge is 0.299 e. The van der Waals surface area contributed by atoms with Gasteiger partial charge in [0.05, 0.1) is 10.1 Å². The van der Waals surface area contributed by atoms with Crippen LogP contribution in [0.5, 0.6) is 0 Å². The zero-order chi connectivity index (χ0) is 7.56. The predicted octanol–water partition coefficient (Wildman–Crippen LogP) is 2.05.